The van der Waals surface area contributed by atoms with Crippen molar-refractivity contribution in [2.24, 2.45) is 0 Å². The first-order chi connectivity index (χ1) is 9.63. The Labute approximate surface area is 118 Å². The van der Waals surface area contributed by atoms with Gasteiger partial charge in [0.25, 0.3) is 0 Å². The van der Waals surface area contributed by atoms with Gasteiger partial charge in [0.2, 0.25) is 0 Å². The molecule has 1 saturated heterocycles. The van der Waals surface area contributed by atoms with Gasteiger partial charge in [-0.25, -0.2) is 4.79 Å². The lowest BCUT2D eigenvalue weighted by molar-refractivity contribution is 0.167. The van der Waals surface area contributed by atoms with Crippen LogP contribution >= 0.6 is 0 Å². The number of rotatable bonds is 4. The molecule has 0 aromatic carbocycles. The van der Waals surface area contributed by atoms with Crippen LogP contribution in [0, 0.1) is 0 Å². The Morgan fingerprint density at radius 2 is 2.45 bits per heavy atom. The third-order valence-electron chi connectivity index (χ3n) is 3.56. The summed E-state index contributed by atoms with van der Waals surface area (Å²) in [5, 5.41) is 12.5. The number of aromatic nitrogens is 1. The van der Waals surface area contributed by atoms with E-state index in [4.69, 9.17) is 0 Å². The Kier molecular flexibility index (Phi) is 4.79. The van der Waals surface area contributed by atoms with E-state index in [-0.39, 0.29) is 6.04 Å². The molecule has 1 aliphatic heterocycles. The van der Waals surface area contributed by atoms with Gasteiger partial charge >= 0.3 is 6.09 Å². The van der Waals surface area contributed by atoms with Crippen molar-refractivity contribution in [1.29, 1.82) is 0 Å². The Hall–Kier alpha value is -1.82. The van der Waals surface area contributed by atoms with Gasteiger partial charge in [0.05, 0.1) is 36.8 Å². The van der Waals surface area contributed by atoms with Crippen LogP contribution in [0.5, 0.6) is 0 Å². The van der Waals surface area contributed by atoms with Crippen molar-refractivity contribution in [3.63, 3.8) is 0 Å². The van der Waals surface area contributed by atoms with Gasteiger partial charge in [-0.05, 0) is 25.0 Å². The van der Waals surface area contributed by atoms with Crippen molar-refractivity contribution in [1.82, 2.24) is 10.3 Å². The summed E-state index contributed by atoms with van der Waals surface area (Å²) in [7, 11) is 1.36. The van der Waals surface area contributed by atoms with E-state index in [1.807, 2.05) is 19.1 Å². The molecule has 1 amide bonds. The molecule has 20 heavy (non-hydrogen) atoms. The summed E-state index contributed by atoms with van der Waals surface area (Å²) >= 11 is 0. The Morgan fingerprint density at radius 1 is 1.65 bits per heavy atom. The van der Waals surface area contributed by atoms with Gasteiger partial charge in [0, 0.05) is 13.1 Å². The molecule has 2 heterocycles. The number of methoxy groups -OCH3 is 1. The number of pyridine rings is 1. The van der Waals surface area contributed by atoms with Gasteiger partial charge in [-0.15, -0.1) is 0 Å². The lowest BCUT2D eigenvalue weighted by atomic mass is 10.2. The van der Waals surface area contributed by atoms with Crippen LogP contribution in [0.25, 0.3) is 0 Å². The van der Waals surface area contributed by atoms with Crippen LogP contribution in [-0.2, 0) is 4.74 Å². The zero-order valence-corrected chi connectivity index (χ0v) is 11.9. The van der Waals surface area contributed by atoms with Crippen molar-refractivity contribution in [3.8, 4) is 0 Å². The van der Waals surface area contributed by atoms with E-state index in [1.165, 1.54) is 7.11 Å². The number of anilines is 1. The highest BCUT2D eigenvalue weighted by Gasteiger charge is 2.24. The number of carbonyl (C=O) groups is 1. The molecule has 1 aliphatic rings. The van der Waals surface area contributed by atoms with Crippen LogP contribution in [0.15, 0.2) is 18.3 Å². The summed E-state index contributed by atoms with van der Waals surface area (Å²) in [6.45, 7) is 3.53. The van der Waals surface area contributed by atoms with E-state index >= 15 is 0 Å². The van der Waals surface area contributed by atoms with E-state index in [0.29, 0.717) is 12.1 Å². The minimum atomic E-state index is -0.503. The maximum atomic E-state index is 11.2. The molecule has 0 bridgehead atoms. The lowest BCUT2D eigenvalue weighted by Crippen LogP contribution is -2.36. The second-order valence-electron chi connectivity index (χ2n) is 4.93. The quantitative estimate of drug-likeness (QED) is 0.872. The molecule has 0 spiro atoms. The summed E-state index contributed by atoms with van der Waals surface area (Å²) in [6.07, 6.45) is 2.41. The Balaban J connectivity index is 1.94. The molecular formula is C14H21N3O3. The van der Waals surface area contributed by atoms with Crippen molar-refractivity contribution < 1.29 is 14.6 Å². The van der Waals surface area contributed by atoms with Crippen LogP contribution < -0.4 is 10.2 Å². The molecule has 0 aliphatic carbocycles. The lowest BCUT2D eigenvalue weighted by Gasteiger charge is -2.19. The Morgan fingerprint density at radius 3 is 3.05 bits per heavy atom. The summed E-state index contributed by atoms with van der Waals surface area (Å²) < 4.78 is 4.60. The van der Waals surface area contributed by atoms with Crippen LogP contribution in [0.2, 0.25) is 0 Å². The summed E-state index contributed by atoms with van der Waals surface area (Å²) in [5.41, 5.74) is 1.70. The predicted octanol–water partition coefficient (Wildman–Crippen LogP) is 1.46. The fourth-order valence-electron chi connectivity index (χ4n) is 2.33. The second kappa shape index (κ2) is 6.56. The van der Waals surface area contributed by atoms with Gasteiger partial charge in [-0.1, -0.05) is 6.92 Å². The topological polar surface area (TPSA) is 74.7 Å². The Bertz CT molecular complexity index is 449. The zero-order valence-electron chi connectivity index (χ0n) is 11.9. The maximum absolute atomic E-state index is 11.2. The number of nitrogens with one attached hydrogen (secondary N) is 1. The molecule has 110 valence electrons. The largest absolute Gasteiger partial charge is 0.453 e. The average Bonchev–Trinajstić information content (AvgIpc) is 2.95. The molecule has 2 N–H and O–H groups in total. The van der Waals surface area contributed by atoms with Crippen LogP contribution in [0.4, 0.5) is 10.5 Å². The number of aliphatic hydroxyl groups excluding tert-OH is 1. The number of hydrogen-bond donors (Lipinski definition) is 2. The molecule has 2 rings (SSSR count). The second-order valence-corrected chi connectivity index (χ2v) is 4.93. The van der Waals surface area contributed by atoms with Crippen LogP contribution in [0.1, 0.15) is 31.6 Å². The van der Waals surface area contributed by atoms with E-state index in [1.54, 1.807) is 6.20 Å². The highest BCUT2D eigenvalue weighted by Crippen LogP contribution is 2.22. The highest BCUT2D eigenvalue weighted by molar-refractivity contribution is 5.67. The van der Waals surface area contributed by atoms with E-state index in [2.05, 4.69) is 19.9 Å². The molecule has 1 fully saturated rings. The maximum Gasteiger partial charge on any atom is 0.407 e. The normalized spacial score (nSPS) is 19.8. The first-order valence-corrected chi connectivity index (χ1v) is 6.87. The molecule has 1 unspecified atom stereocenters. The van der Waals surface area contributed by atoms with Crippen LogP contribution in [0.3, 0.4) is 0 Å². The molecule has 2 atom stereocenters. The smallest absolute Gasteiger partial charge is 0.407 e. The predicted molar refractivity (Wildman–Crippen MR) is 75.6 cm³/mol. The molecule has 1 aromatic heterocycles. The summed E-state index contributed by atoms with van der Waals surface area (Å²) in [6, 6.07) is 3.91. The standard InChI is InChI=1S/C14H21N3O3/c1-3-13(18)12-5-4-11(8-15-12)17-7-6-10(9-17)16-14(19)20-2/h4-5,8,10,13,18H,3,6-7,9H2,1-2H3,(H,16,19)/t10?,13-/m0/s1. The van der Waals surface area contributed by atoms with Crippen molar-refractivity contribution >= 4 is 11.8 Å². The molecule has 6 heteroatoms. The number of ether oxygens (including phenoxy) is 1. The molecule has 6 nitrogen and oxygen atoms in total. The summed E-state index contributed by atoms with van der Waals surface area (Å²) in [4.78, 5) is 17.6. The number of hydrogen-bond acceptors (Lipinski definition) is 5. The monoisotopic (exact) mass is 279 g/mol. The molecule has 0 radical (unpaired) electrons. The zero-order chi connectivity index (χ0) is 14.5. The molecular weight excluding hydrogens is 258 g/mol. The van der Waals surface area contributed by atoms with E-state index in [9.17, 15) is 9.90 Å². The molecule has 1 aromatic rings. The first-order valence-electron chi connectivity index (χ1n) is 6.87. The van der Waals surface area contributed by atoms with E-state index in [0.717, 1.165) is 25.2 Å². The van der Waals surface area contributed by atoms with Crippen molar-refractivity contribution in [2.45, 2.75) is 31.9 Å². The number of amides is 1. The third-order valence-corrected chi connectivity index (χ3v) is 3.56. The van der Waals surface area contributed by atoms with E-state index < -0.39 is 12.2 Å². The fourth-order valence-corrected chi connectivity index (χ4v) is 2.33. The van der Waals surface area contributed by atoms with Gasteiger partial charge in [-0.2, -0.15) is 0 Å². The van der Waals surface area contributed by atoms with Crippen molar-refractivity contribution in [2.75, 3.05) is 25.1 Å². The van der Waals surface area contributed by atoms with Crippen LogP contribution in [-0.4, -0.2) is 42.4 Å². The number of alkyl carbamates (subject to hydrolysis) is 1. The fraction of sp³-hybridized carbons (Fsp3) is 0.571. The summed E-state index contributed by atoms with van der Waals surface area (Å²) in [5.74, 6) is 0. The number of nitrogens with zero attached hydrogens (tertiary/aromatic N) is 2. The minimum Gasteiger partial charge on any atom is -0.453 e. The van der Waals surface area contributed by atoms with Crippen molar-refractivity contribution in [3.05, 3.63) is 24.0 Å². The number of aliphatic hydroxyl groups is 1. The first kappa shape index (κ1) is 14.6. The van der Waals surface area contributed by atoms with Gasteiger partial charge < -0.3 is 20.1 Å². The van der Waals surface area contributed by atoms with Gasteiger partial charge in [0.15, 0.2) is 0 Å². The van der Waals surface area contributed by atoms with Gasteiger partial charge in [-0.3, -0.25) is 4.98 Å². The molecule has 0 saturated carbocycles. The SMILES string of the molecule is CC[C@H](O)c1ccc(N2CCC(NC(=O)OC)C2)cn1. The average molecular weight is 279 g/mol. The number of carbonyl (C=O) groups excluding carboxylic acids is 1. The van der Waals surface area contributed by atoms with Gasteiger partial charge in [0.1, 0.15) is 0 Å². The third kappa shape index (κ3) is 3.39. The minimum absolute atomic E-state index is 0.100. The highest BCUT2D eigenvalue weighted by atomic mass is 16.5.